The summed E-state index contributed by atoms with van der Waals surface area (Å²) in [7, 11) is 0. The molecule has 0 aromatic heterocycles. The summed E-state index contributed by atoms with van der Waals surface area (Å²) in [4.78, 5) is 0. The average molecular weight is 255 g/mol. The zero-order valence-corrected chi connectivity index (χ0v) is 11.7. The van der Waals surface area contributed by atoms with Crippen LogP contribution in [0.25, 0.3) is 0 Å². The molecular formula is C17H21NO. The second-order valence-electron chi connectivity index (χ2n) is 5.90. The molecule has 0 saturated heterocycles. The Morgan fingerprint density at radius 3 is 2.05 bits per heavy atom. The topological polar surface area (TPSA) is 46.2 Å². The highest BCUT2D eigenvalue weighted by molar-refractivity contribution is 5.50. The number of anilines is 1. The van der Waals surface area contributed by atoms with E-state index in [1.165, 1.54) is 5.56 Å². The molecule has 1 unspecified atom stereocenters. The van der Waals surface area contributed by atoms with Gasteiger partial charge < -0.3 is 10.8 Å². The highest BCUT2D eigenvalue weighted by atomic mass is 16.3. The third-order valence-electron chi connectivity index (χ3n) is 3.38. The van der Waals surface area contributed by atoms with Gasteiger partial charge in [0.2, 0.25) is 0 Å². The largest absolute Gasteiger partial charge is 0.398 e. The van der Waals surface area contributed by atoms with Crippen molar-refractivity contribution < 1.29 is 5.11 Å². The molecule has 0 aliphatic carbocycles. The minimum Gasteiger partial charge on any atom is -0.398 e. The molecule has 0 aliphatic heterocycles. The van der Waals surface area contributed by atoms with Crippen molar-refractivity contribution in [3.05, 3.63) is 65.2 Å². The lowest BCUT2D eigenvalue weighted by Gasteiger charge is -2.20. The Labute approximate surface area is 114 Å². The maximum Gasteiger partial charge on any atom is 0.106 e. The van der Waals surface area contributed by atoms with Crippen LogP contribution in [0.3, 0.4) is 0 Å². The van der Waals surface area contributed by atoms with Gasteiger partial charge >= 0.3 is 0 Å². The average Bonchev–Trinajstić information content (AvgIpc) is 2.38. The van der Waals surface area contributed by atoms with Gasteiger partial charge in [-0.15, -0.1) is 0 Å². The summed E-state index contributed by atoms with van der Waals surface area (Å²) >= 11 is 0. The van der Waals surface area contributed by atoms with Crippen molar-refractivity contribution >= 4 is 5.69 Å². The molecule has 3 N–H and O–H groups in total. The van der Waals surface area contributed by atoms with Crippen molar-refractivity contribution in [2.75, 3.05) is 5.73 Å². The molecule has 2 heteroatoms. The minimum atomic E-state index is -0.671. The number of hydrogen-bond donors (Lipinski definition) is 2. The number of hydrogen-bond acceptors (Lipinski definition) is 2. The molecule has 2 nitrogen and oxygen atoms in total. The first kappa shape index (κ1) is 13.6. The molecule has 0 radical (unpaired) electrons. The number of rotatable bonds is 2. The van der Waals surface area contributed by atoms with E-state index in [1.54, 1.807) is 0 Å². The fourth-order valence-electron chi connectivity index (χ4n) is 2.10. The zero-order valence-electron chi connectivity index (χ0n) is 11.7. The maximum atomic E-state index is 10.4. The first-order chi connectivity index (χ1) is 8.89. The van der Waals surface area contributed by atoms with Gasteiger partial charge in [-0.1, -0.05) is 63.2 Å². The summed E-state index contributed by atoms with van der Waals surface area (Å²) in [6.07, 6.45) is -0.671. The van der Waals surface area contributed by atoms with Crippen molar-refractivity contribution in [2.45, 2.75) is 32.3 Å². The Morgan fingerprint density at radius 1 is 0.947 bits per heavy atom. The molecule has 2 aromatic rings. The molecule has 0 amide bonds. The zero-order chi connectivity index (χ0) is 14.0. The SMILES string of the molecule is CC(C)(C)c1ccc(C(O)c2ccccc2N)cc1. The lowest BCUT2D eigenvalue weighted by atomic mass is 9.86. The predicted octanol–water partition coefficient (Wildman–Crippen LogP) is 3.65. The Morgan fingerprint density at radius 2 is 1.53 bits per heavy atom. The second kappa shape index (κ2) is 5.06. The molecule has 0 fully saturated rings. The number of nitrogens with two attached hydrogens (primary N) is 1. The van der Waals surface area contributed by atoms with Crippen LogP contribution in [0.4, 0.5) is 5.69 Å². The Kier molecular flexibility index (Phi) is 3.63. The summed E-state index contributed by atoms with van der Waals surface area (Å²) in [5, 5.41) is 10.4. The first-order valence-corrected chi connectivity index (χ1v) is 6.52. The van der Waals surface area contributed by atoms with Crippen molar-refractivity contribution in [1.29, 1.82) is 0 Å². The van der Waals surface area contributed by atoms with Gasteiger partial charge in [0.05, 0.1) is 0 Å². The van der Waals surface area contributed by atoms with Crippen LogP contribution in [0.2, 0.25) is 0 Å². The van der Waals surface area contributed by atoms with E-state index in [1.807, 2.05) is 36.4 Å². The van der Waals surface area contributed by atoms with E-state index >= 15 is 0 Å². The van der Waals surface area contributed by atoms with Crippen LogP contribution in [0.5, 0.6) is 0 Å². The minimum absolute atomic E-state index is 0.120. The molecule has 0 heterocycles. The fourth-order valence-corrected chi connectivity index (χ4v) is 2.10. The summed E-state index contributed by atoms with van der Waals surface area (Å²) < 4.78 is 0. The van der Waals surface area contributed by atoms with Gasteiger partial charge in [-0.05, 0) is 22.6 Å². The highest BCUT2D eigenvalue weighted by Crippen LogP contribution is 2.28. The number of aliphatic hydroxyl groups is 1. The van der Waals surface area contributed by atoms with E-state index in [2.05, 4.69) is 32.9 Å². The summed E-state index contributed by atoms with van der Waals surface area (Å²) in [6.45, 7) is 6.52. The Hall–Kier alpha value is -1.80. The normalized spacial score (nSPS) is 13.3. The van der Waals surface area contributed by atoms with Crippen LogP contribution in [0.15, 0.2) is 48.5 Å². The van der Waals surface area contributed by atoms with E-state index in [-0.39, 0.29) is 5.41 Å². The molecule has 2 aromatic carbocycles. The van der Waals surface area contributed by atoms with E-state index in [9.17, 15) is 5.11 Å². The van der Waals surface area contributed by atoms with Crippen LogP contribution in [-0.4, -0.2) is 5.11 Å². The molecule has 100 valence electrons. The molecule has 0 saturated carbocycles. The van der Waals surface area contributed by atoms with Gasteiger partial charge in [-0.2, -0.15) is 0 Å². The lowest BCUT2D eigenvalue weighted by Crippen LogP contribution is -2.11. The van der Waals surface area contributed by atoms with Gasteiger partial charge in [0, 0.05) is 11.3 Å². The Balaban J connectivity index is 2.31. The van der Waals surface area contributed by atoms with Crippen LogP contribution in [-0.2, 0) is 5.41 Å². The Bertz CT molecular complexity index is 552. The van der Waals surface area contributed by atoms with E-state index in [0.717, 1.165) is 11.1 Å². The maximum absolute atomic E-state index is 10.4. The summed E-state index contributed by atoms with van der Waals surface area (Å²) in [6, 6.07) is 15.5. The highest BCUT2D eigenvalue weighted by Gasteiger charge is 2.16. The van der Waals surface area contributed by atoms with Crippen molar-refractivity contribution in [1.82, 2.24) is 0 Å². The number of para-hydroxylation sites is 1. The number of aliphatic hydroxyl groups excluding tert-OH is 1. The van der Waals surface area contributed by atoms with Gasteiger partial charge in [-0.25, -0.2) is 0 Å². The predicted molar refractivity (Wildman–Crippen MR) is 80.1 cm³/mol. The van der Waals surface area contributed by atoms with Crippen LogP contribution >= 0.6 is 0 Å². The monoisotopic (exact) mass is 255 g/mol. The molecule has 19 heavy (non-hydrogen) atoms. The first-order valence-electron chi connectivity index (χ1n) is 6.52. The van der Waals surface area contributed by atoms with Gasteiger partial charge in [0.15, 0.2) is 0 Å². The smallest absolute Gasteiger partial charge is 0.106 e. The van der Waals surface area contributed by atoms with E-state index in [4.69, 9.17) is 5.73 Å². The number of nitrogen functional groups attached to an aromatic ring is 1. The fraction of sp³-hybridized carbons (Fsp3) is 0.294. The molecule has 1 atom stereocenters. The summed E-state index contributed by atoms with van der Waals surface area (Å²) in [5.41, 5.74) is 9.51. The molecule has 2 rings (SSSR count). The van der Waals surface area contributed by atoms with Crippen molar-refractivity contribution in [3.63, 3.8) is 0 Å². The molecule has 0 aliphatic rings. The van der Waals surface area contributed by atoms with E-state index in [0.29, 0.717) is 5.69 Å². The van der Waals surface area contributed by atoms with Crippen molar-refractivity contribution in [2.24, 2.45) is 0 Å². The second-order valence-corrected chi connectivity index (χ2v) is 5.90. The standard InChI is InChI=1S/C17H21NO/c1-17(2,3)13-10-8-12(9-11-13)16(19)14-6-4-5-7-15(14)18/h4-11,16,19H,18H2,1-3H3. The van der Waals surface area contributed by atoms with Gasteiger partial charge in [0.25, 0.3) is 0 Å². The van der Waals surface area contributed by atoms with Gasteiger partial charge in [-0.3, -0.25) is 0 Å². The van der Waals surface area contributed by atoms with Gasteiger partial charge in [0.1, 0.15) is 6.10 Å². The van der Waals surface area contributed by atoms with Crippen LogP contribution in [0.1, 0.15) is 43.6 Å². The third kappa shape index (κ3) is 2.96. The molecular weight excluding hydrogens is 234 g/mol. The van der Waals surface area contributed by atoms with Crippen LogP contribution in [0, 0.1) is 0 Å². The molecule has 0 spiro atoms. The molecule has 0 bridgehead atoms. The van der Waals surface area contributed by atoms with Crippen LogP contribution < -0.4 is 5.73 Å². The lowest BCUT2D eigenvalue weighted by molar-refractivity contribution is 0.221. The van der Waals surface area contributed by atoms with E-state index < -0.39 is 6.10 Å². The number of benzene rings is 2. The third-order valence-corrected chi connectivity index (χ3v) is 3.38. The quantitative estimate of drug-likeness (QED) is 0.805. The van der Waals surface area contributed by atoms with Crippen molar-refractivity contribution in [3.8, 4) is 0 Å². The summed E-state index contributed by atoms with van der Waals surface area (Å²) in [5.74, 6) is 0.